The Morgan fingerprint density at radius 3 is 2.55 bits per heavy atom. The van der Waals surface area contributed by atoms with Crippen LogP contribution in [0.25, 0.3) is 0 Å². The van der Waals surface area contributed by atoms with E-state index < -0.39 is 23.3 Å². The summed E-state index contributed by atoms with van der Waals surface area (Å²) in [7, 11) is 0. The van der Waals surface area contributed by atoms with Crippen LogP contribution in [0.15, 0.2) is 48.5 Å². The first-order chi connectivity index (χ1) is 10.5. The van der Waals surface area contributed by atoms with Crippen LogP contribution in [0.4, 0.5) is 11.4 Å². The van der Waals surface area contributed by atoms with Gasteiger partial charge in [-0.1, -0.05) is 24.3 Å². The topological polar surface area (TPSA) is 113 Å². The van der Waals surface area contributed by atoms with E-state index in [-0.39, 0.29) is 22.5 Å². The van der Waals surface area contributed by atoms with Crippen molar-refractivity contribution in [3.05, 3.63) is 69.8 Å². The smallest absolute Gasteiger partial charge is 0.340 e. The zero-order valence-corrected chi connectivity index (χ0v) is 11.4. The molecular formula is C15H12N2O5. The van der Waals surface area contributed by atoms with Gasteiger partial charge in [0, 0.05) is 23.4 Å². The van der Waals surface area contributed by atoms with Crippen molar-refractivity contribution in [2.24, 2.45) is 0 Å². The Morgan fingerprint density at radius 1 is 1.14 bits per heavy atom. The minimum atomic E-state index is -0.725. The number of nitro groups is 1. The monoisotopic (exact) mass is 300 g/mol. The van der Waals surface area contributed by atoms with Crippen molar-refractivity contribution >= 4 is 23.1 Å². The number of ketones is 1. The summed E-state index contributed by atoms with van der Waals surface area (Å²) in [5, 5.41) is 10.7. The average molecular weight is 300 g/mol. The molecule has 0 unspecified atom stereocenters. The zero-order chi connectivity index (χ0) is 16.1. The number of rotatable bonds is 5. The molecule has 2 aromatic rings. The molecule has 2 N–H and O–H groups in total. The fraction of sp³-hybridized carbons (Fsp3) is 0.0667. The molecule has 7 nitrogen and oxygen atoms in total. The number of hydrogen-bond donors (Lipinski definition) is 1. The SMILES string of the molecule is Nc1ccccc1C(=O)OCC(=O)c1cccc([N+](=O)[O-])c1. The summed E-state index contributed by atoms with van der Waals surface area (Å²) >= 11 is 0. The first-order valence-corrected chi connectivity index (χ1v) is 6.28. The molecule has 0 aromatic heterocycles. The van der Waals surface area contributed by atoms with Crippen molar-refractivity contribution in [2.75, 3.05) is 12.3 Å². The third kappa shape index (κ3) is 3.45. The lowest BCUT2D eigenvalue weighted by atomic mass is 10.1. The van der Waals surface area contributed by atoms with E-state index in [1.54, 1.807) is 18.2 Å². The number of carbonyl (C=O) groups excluding carboxylic acids is 2. The number of benzene rings is 2. The van der Waals surface area contributed by atoms with Crippen LogP contribution in [0.5, 0.6) is 0 Å². The molecule has 0 bridgehead atoms. The maximum atomic E-state index is 11.9. The Bertz CT molecular complexity index is 742. The molecule has 0 aliphatic rings. The van der Waals surface area contributed by atoms with Gasteiger partial charge < -0.3 is 10.5 Å². The molecule has 7 heteroatoms. The van der Waals surface area contributed by atoms with Crippen molar-refractivity contribution < 1.29 is 19.2 Å². The molecule has 2 rings (SSSR count). The molecule has 2 aromatic carbocycles. The second kappa shape index (κ2) is 6.49. The van der Waals surface area contributed by atoms with E-state index in [0.29, 0.717) is 0 Å². The number of ether oxygens (including phenoxy) is 1. The van der Waals surface area contributed by atoms with E-state index in [4.69, 9.17) is 10.5 Å². The Balaban J connectivity index is 2.04. The maximum Gasteiger partial charge on any atom is 0.340 e. The van der Waals surface area contributed by atoms with Crippen molar-refractivity contribution in [1.29, 1.82) is 0 Å². The number of esters is 1. The second-order valence-electron chi connectivity index (χ2n) is 4.39. The number of Topliss-reactive ketones (excluding diaryl/α,β-unsaturated/α-hetero) is 1. The Hall–Kier alpha value is -3.22. The minimum absolute atomic E-state index is 0.100. The van der Waals surface area contributed by atoms with Crippen LogP contribution < -0.4 is 5.73 Å². The molecule has 112 valence electrons. The highest BCUT2D eigenvalue weighted by atomic mass is 16.6. The van der Waals surface area contributed by atoms with Gasteiger partial charge >= 0.3 is 5.97 Å². The standard InChI is InChI=1S/C15H12N2O5/c16-13-7-2-1-6-12(13)15(19)22-9-14(18)10-4-3-5-11(8-10)17(20)21/h1-8H,9,16H2. The number of anilines is 1. The van der Waals surface area contributed by atoms with Gasteiger partial charge in [-0.15, -0.1) is 0 Å². The lowest BCUT2D eigenvalue weighted by Gasteiger charge is -2.06. The summed E-state index contributed by atoms with van der Waals surface area (Å²) in [6.07, 6.45) is 0. The predicted octanol–water partition coefficient (Wildman–Crippen LogP) is 2.22. The lowest BCUT2D eigenvalue weighted by Crippen LogP contribution is -2.15. The van der Waals surface area contributed by atoms with Gasteiger partial charge in [-0.25, -0.2) is 4.79 Å². The van der Waals surface area contributed by atoms with E-state index in [1.807, 2.05) is 0 Å². The predicted molar refractivity (Wildman–Crippen MR) is 78.6 cm³/mol. The molecule has 0 aliphatic carbocycles. The quantitative estimate of drug-likeness (QED) is 0.298. The molecule has 0 fully saturated rings. The maximum absolute atomic E-state index is 11.9. The fourth-order valence-corrected chi connectivity index (χ4v) is 1.77. The molecule has 0 aliphatic heterocycles. The van der Waals surface area contributed by atoms with Crippen LogP contribution in [0.1, 0.15) is 20.7 Å². The normalized spacial score (nSPS) is 10.0. The van der Waals surface area contributed by atoms with Crippen molar-refractivity contribution in [3.63, 3.8) is 0 Å². The van der Waals surface area contributed by atoms with Crippen LogP contribution in [0.3, 0.4) is 0 Å². The third-order valence-electron chi connectivity index (χ3n) is 2.89. The van der Waals surface area contributed by atoms with Crippen molar-refractivity contribution in [3.8, 4) is 0 Å². The number of nitro benzene ring substituents is 1. The molecular weight excluding hydrogens is 288 g/mol. The first-order valence-electron chi connectivity index (χ1n) is 6.28. The summed E-state index contributed by atoms with van der Waals surface area (Å²) in [5.74, 6) is -1.26. The summed E-state index contributed by atoms with van der Waals surface area (Å²) in [4.78, 5) is 33.8. The number of non-ortho nitro benzene ring substituents is 1. The van der Waals surface area contributed by atoms with Crippen molar-refractivity contribution in [1.82, 2.24) is 0 Å². The second-order valence-corrected chi connectivity index (χ2v) is 4.39. The number of nitrogens with two attached hydrogens (primary N) is 1. The van der Waals surface area contributed by atoms with Crippen LogP contribution in [0.2, 0.25) is 0 Å². The van der Waals surface area contributed by atoms with Gasteiger partial charge in [0.25, 0.3) is 5.69 Å². The molecule has 0 saturated heterocycles. The number of para-hydroxylation sites is 1. The summed E-state index contributed by atoms with van der Waals surface area (Å²) in [6, 6.07) is 11.5. The molecule has 0 atom stereocenters. The summed E-state index contributed by atoms with van der Waals surface area (Å²) < 4.78 is 4.89. The van der Waals surface area contributed by atoms with Gasteiger partial charge in [0.2, 0.25) is 5.78 Å². The van der Waals surface area contributed by atoms with Gasteiger partial charge in [0.15, 0.2) is 6.61 Å². The van der Waals surface area contributed by atoms with E-state index in [0.717, 1.165) is 6.07 Å². The van der Waals surface area contributed by atoms with E-state index >= 15 is 0 Å². The lowest BCUT2D eigenvalue weighted by molar-refractivity contribution is -0.384. The minimum Gasteiger partial charge on any atom is -0.454 e. The molecule has 22 heavy (non-hydrogen) atoms. The molecule has 0 spiro atoms. The summed E-state index contributed by atoms with van der Waals surface area (Å²) in [6.45, 7) is -0.520. The van der Waals surface area contributed by atoms with Crippen LogP contribution >= 0.6 is 0 Å². The highest BCUT2D eigenvalue weighted by molar-refractivity contribution is 6.00. The fourth-order valence-electron chi connectivity index (χ4n) is 1.77. The zero-order valence-electron chi connectivity index (χ0n) is 11.4. The van der Waals surface area contributed by atoms with Crippen molar-refractivity contribution in [2.45, 2.75) is 0 Å². The Labute approximate surface area is 125 Å². The van der Waals surface area contributed by atoms with E-state index in [2.05, 4.69) is 0 Å². The van der Waals surface area contributed by atoms with Gasteiger partial charge in [-0.3, -0.25) is 14.9 Å². The van der Waals surface area contributed by atoms with Gasteiger partial charge in [0.1, 0.15) is 0 Å². The van der Waals surface area contributed by atoms with E-state index in [1.165, 1.54) is 24.3 Å². The Kier molecular flexibility index (Phi) is 4.47. The Morgan fingerprint density at radius 2 is 1.86 bits per heavy atom. The van der Waals surface area contributed by atoms with Crippen LogP contribution in [-0.2, 0) is 4.74 Å². The van der Waals surface area contributed by atoms with Gasteiger partial charge in [0.05, 0.1) is 10.5 Å². The molecule has 0 heterocycles. The largest absolute Gasteiger partial charge is 0.454 e. The molecule has 0 radical (unpaired) electrons. The van der Waals surface area contributed by atoms with Gasteiger partial charge in [-0.05, 0) is 12.1 Å². The van der Waals surface area contributed by atoms with Crippen LogP contribution in [0, 0.1) is 10.1 Å². The third-order valence-corrected chi connectivity index (χ3v) is 2.89. The molecule has 0 amide bonds. The number of carbonyl (C=O) groups is 2. The molecule has 0 saturated carbocycles. The van der Waals surface area contributed by atoms with Gasteiger partial charge in [-0.2, -0.15) is 0 Å². The highest BCUT2D eigenvalue weighted by Gasteiger charge is 2.15. The van der Waals surface area contributed by atoms with E-state index in [9.17, 15) is 19.7 Å². The first kappa shape index (κ1) is 15.2. The average Bonchev–Trinajstić information content (AvgIpc) is 2.52. The highest BCUT2D eigenvalue weighted by Crippen LogP contribution is 2.15. The number of nitrogen functional groups attached to an aromatic ring is 1. The van der Waals surface area contributed by atoms with Crippen LogP contribution in [-0.4, -0.2) is 23.3 Å². The number of nitrogens with zero attached hydrogens (tertiary/aromatic N) is 1. The number of hydrogen-bond acceptors (Lipinski definition) is 6. The summed E-state index contributed by atoms with van der Waals surface area (Å²) in [5.41, 5.74) is 5.93.